The second-order valence-electron chi connectivity index (χ2n) is 4.27. The van der Waals surface area contributed by atoms with Gasteiger partial charge in [0.2, 0.25) is 0 Å². The third-order valence-corrected chi connectivity index (χ3v) is 3.75. The van der Waals surface area contributed by atoms with E-state index < -0.39 is 44.7 Å². The van der Waals surface area contributed by atoms with Crippen molar-refractivity contribution in [1.82, 2.24) is 0 Å². The van der Waals surface area contributed by atoms with Crippen LogP contribution in [0.4, 0.5) is 0 Å². The van der Waals surface area contributed by atoms with Crippen molar-refractivity contribution >= 4 is 20.2 Å². The minimum atomic E-state index is -3.62. The van der Waals surface area contributed by atoms with Crippen LogP contribution in [-0.4, -0.2) is 67.0 Å². The zero-order chi connectivity index (χ0) is 13.6. The first kappa shape index (κ1) is 14.2. The summed E-state index contributed by atoms with van der Waals surface area (Å²) in [5, 5.41) is 0. The molecule has 2 saturated heterocycles. The summed E-state index contributed by atoms with van der Waals surface area (Å²) in [5.41, 5.74) is 0. The quantitative estimate of drug-likeness (QED) is 0.576. The van der Waals surface area contributed by atoms with E-state index in [-0.39, 0.29) is 13.2 Å². The number of rotatable bonds is 4. The van der Waals surface area contributed by atoms with Gasteiger partial charge in [0.25, 0.3) is 20.2 Å². The van der Waals surface area contributed by atoms with Gasteiger partial charge in [-0.2, -0.15) is 16.8 Å². The van der Waals surface area contributed by atoms with Gasteiger partial charge in [0.15, 0.2) is 0 Å². The van der Waals surface area contributed by atoms with Crippen LogP contribution in [0, 0.1) is 0 Å². The zero-order valence-electron chi connectivity index (χ0n) is 9.81. The smallest absolute Gasteiger partial charge is 0.264 e. The second-order valence-corrected chi connectivity index (χ2v) is 7.47. The van der Waals surface area contributed by atoms with E-state index in [1.807, 2.05) is 0 Å². The molecule has 0 saturated carbocycles. The topological polar surface area (TPSA) is 105 Å². The summed E-state index contributed by atoms with van der Waals surface area (Å²) in [5.74, 6) is 0. The Morgan fingerprint density at radius 3 is 1.44 bits per heavy atom. The normalized spacial score (nSPS) is 36.8. The van der Waals surface area contributed by atoms with Crippen LogP contribution in [0.25, 0.3) is 0 Å². The first-order valence-electron chi connectivity index (χ1n) is 5.15. The van der Waals surface area contributed by atoms with Crippen LogP contribution in [0.1, 0.15) is 0 Å². The molecule has 0 aromatic rings. The van der Waals surface area contributed by atoms with Gasteiger partial charge in [0, 0.05) is 0 Å². The lowest BCUT2D eigenvalue weighted by Crippen LogP contribution is -2.35. The Bertz CT molecular complexity index is 461. The van der Waals surface area contributed by atoms with Crippen LogP contribution in [0.15, 0.2) is 0 Å². The van der Waals surface area contributed by atoms with Crippen molar-refractivity contribution in [2.75, 3.05) is 25.7 Å². The Labute approximate surface area is 105 Å². The van der Waals surface area contributed by atoms with E-state index in [1.165, 1.54) is 0 Å². The molecule has 106 valence electrons. The monoisotopic (exact) mass is 302 g/mol. The molecule has 18 heavy (non-hydrogen) atoms. The molecule has 2 aliphatic rings. The summed E-state index contributed by atoms with van der Waals surface area (Å²) in [6.45, 7) is 0.0397. The number of hydrogen-bond donors (Lipinski definition) is 0. The summed E-state index contributed by atoms with van der Waals surface area (Å²) in [6, 6.07) is 0. The SMILES string of the molecule is CS(=O)(=O)OC1COC2C(OS(C)(=O)=O)COC12. The highest BCUT2D eigenvalue weighted by atomic mass is 32.2. The average Bonchev–Trinajstić information content (AvgIpc) is 2.66. The molecule has 0 aromatic carbocycles. The molecule has 8 nitrogen and oxygen atoms in total. The first-order chi connectivity index (χ1) is 8.16. The largest absolute Gasteiger partial charge is 0.370 e. The van der Waals surface area contributed by atoms with Crippen LogP contribution < -0.4 is 0 Å². The average molecular weight is 302 g/mol. The highest BCUT2D eigenvalue weighted by Crippen LogP contribution is 2.31. The minimum absolute atomic E-state index is 0.0199. The van der Waals surface area contributed by atoms with Crippen molar-refractivity contribution in [3.8, 4) is 0 Å². The van der Waals surface area contributed by atoms with Gasteiger partial charge in [0.05, 0.1) is 25.7 Å². The van der Waals surface area contributed by atoms with E-state index in [0.29, 0.717) is 0 Å². The molecular weight excluding hydrogens is 288 g/mol. The van der Waals surface area contributed by atoms with Gasteiger partial charge in [-0.1, -0.05) is 0 Å². The molecule has 0 aliphatic carbocycles. The number of hydrogen-bond acceptors (Lipinski definition) is 8. The van der Waals surface area contributed by atoms with Gasteiger partial charge in [-0.25, -0.2) is 0 Å². The molecule has 10 heteroatoms. The van der Waals surface area contributed by atoms with E-state index in [1.54, 1.807) is 0 Å². The van der Waals surface area contributed by atoms with Gasteiger partial charge in [0.1, 0.15) is 24.4 Å². The summed E-state index contributed by atoms with van der Waals surface area (Å²) in [6.07, 6.45) is -0.936. The fourth-order valence-corrected chi connectivity index (χ4v) is 3.27. The fraction of sp³-hybridized carbons (Fsp3) is 1.00. The Kier molecular flexibility index (Phi) is 3.69. The summed E-state index contributed by atoms with van der Waals surface area (Å²) in [7, 11) is -7.24. The van der Waals surface area contributed by atoms with Crippen LogP contribution in [0.2, 0.25) is 0 Å². The lowest BCUT2D eigenvalue weighted by atomic mass is 10.1. The third kappa shape index (κ3) is 3.39. The van der Waals surface area contributed by atoms with E-state index >= 15 is 0 Å². The van der Waals surface area contributed by atoms with Gasteiger partial charge < -0.3 is 9.47 Å². The van der Waals surface area contributed by atoms with E-state index in [9.17, 15) is 16.8 Å². The molecule has 0 aromatic heterocycles. The van der Waals surface area contributed by atoms with E-state index in [0.717, 1.165) is 12.5 Å². The predicted molar refractivity (Wildman–Crippen MR) is 58.9 cm³/mol. The van der Waals surface area contributed by atoms with E-state index in [4.69, 9.17) is 17.8 Å². The fourth-order valence-electron chi connectivity index (χ4n) is 2.04. The second kappa shape index (κ2) is 4.69. The lowest BCUT2D eigenvalue weighted by molar-refractivity contribution is 0.0226. The minimum Gasteiger partial charge on any atom is -0.370 e. The van der Waals surface area contributed by atoms with Crippen molar-refractivity contribution in [2.24, 2.45) is 0 Å². The predicted octanol–water partition coefficient (Wildman–Crippen LogP) is -1.53. The summed E-state index contributed by atoms with van der Waals surface area (Å²) >= 11 is 0. The standard InChI is InChI=1S/C8H14O8S2/c1-17(9,10)15-5-3-13-8-6(4-14-7(5)8)16-18(2,11)12/h5-8H,3-4H2,1-2H3. The molecule has 4 unspecified atom stereocenters. The van der Waals surface area contributed by atoms with Crippen LogP contribution in [-0.2, 0) is 38.1 Å². The molecule has 0 N–H and O–H groups in total. The maximum atomic E-state index is 11.0. The van der Waals surface area contributed by atoms with Crippen molar-refractivity contribution in [1.29, 1.82) is 0 Å². The van der Waals surface area contributed by atoms with Crippen molar-refractivity contribution < 1.29 is 34.7 Å². The lowest BCUT2D eigenvalue weighted by Gasteiger charge is -2.15. The van der Waals surface area contributed by atoms with Crippen LogP contribution in [0.5, 0.6) is 0 Å². The summed E-state index contributed by atoms with van der Waals surface area (Å²) < 4.78 is 64.3. The van der Waals surface area contributed by atoms with Gasteiger partial charge in [-0.3, -0.25) is 8.37 Å². The molecule has 0 amide bonds. The highest BCUT2D eigenvalue weighted by molar-refractivity contribution is 7.86. The van der Waals surface area contributed by atoms with Crippen LogP contribution >= 0.6 is 0 Å². The number of fused-ring (bicyclic) bond motifs is 1. The van der Waals surface area contributed by atoms with Gasteiger partial charge >= 0.3 is 0 Å². The highest BCUT2D eigenvalue weighted by Gasteiger charge is 2.51. The molecular formula is C8H14O8S2. The number of ether oxygens (including phenoxy) is 2. The summed E-state index contributed by atoms with van der Waals surface area (Å²) in [4.78, 5) is 0. The Balaban J connectivity index is 2.03. The van der Waals surface area contributed by atoms with Gasteiger partial charge in [-0.15, -0.1) is 0 Å². The van der Waals surface area contributed by atoms with Gasteiger partial charge in [-0.05, 0) is 0 Å². The first-order valence-corrected chi connectivity index (χ1v) is 8.79. The maximum absolute atomic E-state index is 11.0. The van der Waals surface area contributed by atoms with Crippen molar-refractivity contribution in [3.05, 3.63) is 0 Å². The Morgan fingerprint density at radius 1 is 0.833 bits per heavy atom. The Morgan fingerprint density at radius 2 is 1.17 bits per heavy atom. The molecule has 2 aliphatic heterocycles. The molecule has 2 heterocycles. The van der Waals surface area contributed by atoms with Crippen LogP contribution in [0.3, 0.4) is 0 Å². The molecule has 0 bridgehead atoms. The molecule has 0 spiro atoms. The molecule has 0 radical (unpaired) electrons. The maximum Gasteiger partial charge on any atom is 0.264 e. The Hall–Kier alpha value is -0.260. The van der Waals surface area contributed by atoms with E-state index in [2.05, 4.69) is 0 Å². The zero-order valence-corrected chi connectivity index (χ0v) is 11.4. The molecule has 2 fully saturated rings. The van der Waals surface area contributed by atoms with Crippen molar-refractivity contribution in [3.63, 3.8) is 0 Å². The third-order valence-electron chi connectivity index (χ3n) is 2.56. The van der Waals surface area contributed by atoms with Crippen molar-refractivity contribution in [2.45, 2.75) is 24.4 Å². The molecule has 4 atom stereocenters. The molecule has 2 rings (SSSR count).